The van der Waals surface area contributed by atoms with Crippen LogP contribution in [-0.2, 0) is 4.74 Å². The van der Waals surface area contributed by atoms with E-state index < -0.39 is 18.0 Å². The highest BCUT2D eigenvalue weighted by atomic mass is 19.1. The molecule has 1 aliphatic rings. The molecule has 1 atom stereocenters. The SMILES string of the molecule is CC(O)c1cc(F)cc(N2CCOC2=O)c1. The largest absolute Gasteiger partial charge is 0.447 e. The third-order valence-corrected chi connectivity index (χ3v) is 2.46. The van der Waals surface area contributed by atoms with Gasteiger partial charge < -0.3 is 9.84 Å². The van der Waals surface area contributed by atoms with Crippen LogP contribution < -0.4 is 4.90 Å². The van der Waals surface area contributed by atoms with E-state index in [0.29, 0.717) is 24.4 Å². The summed E-state index contributed by atoms with van der Waals surface area (Å²) in [4.78, 5) is 12.6. The first kappa shape index (κ1) is 10.9. The van der Waals surface area contributed by atoms with E-state index in [-0.39, 0.29) is 0 Å². The van der Waals surface area contributed by atoms with Crippen LogP contribution >= 0.6 is 0 Å². The fourth-order valence-corrected chi connectivity index (χ4v) is 1.62. The smallest absolute Gasteiger partial charge is 0.414 e. The Bertz CT molecular complexity index is 420. The van der Waals surface area contributed by atoms with E-state index in [1.807, 2.05) is 0 Å². The van der Waals surface area contributed by atoms with Gasteiger partial charge in [0, 0.05) is 0 Å². The highest BCUT2D eigenvalue weighted by Crippen LogP contribution is 2.24. The summed E-state index contributed by atoms with van der Waals surface area (Å²) in [6.07, 6.45) is -1.25. The Morgan fingerprint density at radius 3 is 2.81 bits per heavy atom. The number of amides is 1. The minimum absolute atomic E-state index is 0.305. The standard InChI is InChI=1S/C11H12FNO3/c1-7(14)8-4-9(12)6-10(5-8)13-2-3-16-11(13)15/h4-7,14H,2-3H2,1H3. The number of benzene rings is 1. The van der Waals surface area contributed by atoms with Crippen molar-refractivity contribution in [3.8, 4) is 0 Å². The van der Waals surface area contributed by atoms with E-state index in [2.05, 4.69) is 0 Å². The van der Waals surface area contributed by atoms with Crippen LogP contribution in [0, 0.1) is 5.82 Å². The Labute approximate surface area is 92.2 Å². The van der Waals surface area contributed by atoms with Gasteiger partial charge in [0.05, 0.1) is 18.3 Å². The number of nitrogens with zero attached hydrogens (tertiary/aromatic N) is 1. The van der Waals surface area contributed by atoms with Crippen molar-refractivity contribution < 1.29 is 19.0 Å². The van der Waals surface area contributed by atoms with Crippen molar-refractivity contribution in [1.29, 1.82) is 0 Å². The van der Waals surface area contributed by atoms with Crippen LogP contribution in [0.25, 0.3) is 0 Å². The molecule has 86 valence electrons. The highest BCUT2D eigenvalue weighted by Gasteiger charge is 2.24. The van der Waals surface area contributed by atoms with Crippen LogP contribution in [0.1, 0.15) is 18.6 Å². The van der Waals surface area contributed by atoms with Gasteiger partial charge in [-0.15, -0.1) is 0 Å². The second kappa shape index (κ2) is 4.09. The number of anilines is 1. The lowest BCUT2D eigenvalue weighted by molar-refractivity contribution is 0.181. The normalized spacial score (nSPS) is 17.4. The lowest BCUT2D eigenvalue weighted by Crippen LogP contribution is -2.23. The Morgan fingerprint density at radius 2 is 2.25 bits per heavy atom. The summed E-state index contributed by atoms with van der Waals surface area (Å²) in [5.41, 5.74) is 0.855. The van der Waals surface area contributed by atoms with Crippen molar-refractivity contribution in [3.63, 3.8) is 0 Å². The molecule has 0 bridgehead atoms. The molecule has 4 nitrogen and oxygen atoms in total. The van der Waals surface area contributed by atoms with Gasteiger partial charge in [-0.2, -0.15) is 0 Å². The van der Waals surface area contributed by atoms with Crippen molar-refractivity contribution >= 4 is 11.8 Å². The maximum Gasteiger partial charge on any atom is 0.414 e. The Morgan fingerprint density at radius 1 is 1.50 bits per heavy atom. The highest BCUT2D eigenvalue weighted by molar-refractivity contribution is 5.89. The number of hydrogen-bond acceptors (Lipinski definition) is 3. The number of rotatable bonds is 2. The molecule has 1 unspecified atom stereocenters. The fourth-order valence-electron chi connectivity index (χ4n) is 1.62. The summed E-state index contributed by atoms with van der Waals surface area (Å²) in [6.45, 7) is 2.25. The average Bonchev–Trinajstić information content (AvgIpc) is 2.63. The van der Waals surface area contributed by atoms with E-state index in [0.717, 1.165) is 0 Å². The number of carbonyl (C=O) groups excluding carboxylic acids is 1. The maximum absolute atomic E-state index is 13.3. The van der Waals surface area contributed by atoms with Crippen LogP contribution in [0.5, 0.6) is 0 Å². The molecule has 0 spiro atoms. The third kappa shape index (κ3) is 1.99. The first-order chi connectivity index (χ1) is 7.58. The van der Waals surface area contributed by atoms with Crippen molar-refractivity contribution in [3.05, 3.63) is 29.6 Å². The molecule has 1 aromatic carbocycles. The molecule has 1 heterocycles. The van der Waals surface area contributed by atoms with Crippen molar-refractivity contribution in [2.24, 2.45) is 0 Å². The summed E-state index contributed by atoms with van der Waals surface area (Å²) in [5, 5.41) is 9.38. The monoisotopic (exact) mass is 225 g/mol. The first-order valence-corrected chi connectivity index (χ1v) is 5.01. The molecule has 16 heavy (non-hydrogen) atoms. The predicted octanol–water partition coefficient (Wildman–Crippen LogP) is 1.84. The van der Waals surface area contributed by atoms with E-state index >= 15 is 0 Å². The van der Waals surface area contributed by atoms with E-state index in [1.165, 1.54) is 17.0 Å². The lowest BCUT2D eigenvalue weighted by atomic mass is 10.1. The minimum atomic E-state index is -0.770. The number of carbonyl (C=O) groups is 1. The molecular formula is C11H12FNO3. The number of cyclic esters (lactones) is 1. The van der Waals surface area contributed by atoms with Crippen LogP contribution in [-0.4, -0.2) is 24.4 Å². The zero-order chi connectivity index (χ0) is 11.7. The molecule has 0 aromatic heterocycles. The van der Waals surface area contributed by atoms with Gasteiger partial charge in [-0.05, 0) is 30.7 Å². The number of hydrogen-bond donors (Lipinski definition) is 1. The van der Waals surface area contributed by atoms with Crippen LogP contribution in [0.15, 0.2) is 18.2 Å². The molecular weight excluding hydrogens is 213 g/mol. The molecule has 5 heteroatoms. The molecule has 1 aromatic rings. The van der Waals surface area contributed by atoms with Gasteiger partial charge in [0.1, 0.15) is 12.4 Å². The molecule has 0 aliphatic carbocycles. The quantitative estimate of drug-likeness (QED) is 0.835. The van der Waals surface area contributed by atoms with Gasteiger partial charge in [-0.25, -0.2) is 9.18 Å². The number of aliphatic hydroxyl groups excluding tert-OH is 1. The topological polar surface area (TPSA) is 49.8 Å². The zero-order valence-corrected chi connectivity index (χ0v) is 8.81. The van der Waals surface area contributed by atoms with Gasteiger partial charge in [0.25, 0.3) is 0 Å². The number of aliphatic hydroxyl groups is 1. The predicted molar refractivity (Wildman–Crippen MR) is 55.7 cm³/mol. The second-order valence-electron chi connectivity index (χ2n) is 3.68. The molecule has 2 rings (SSSR count). The van der Waals surface area contributed by atoms with Crippen LogP contribution in [0.4, 0.5) is 14.9 Å². The molecule has 1 N–H and O–H groups in total. The lowest BCUT2D eigenvalue weighted by Gasteiger charge is -2.15. The number of ether oxygens (including phenoxy) is 1. The molecule has 0 radical (unpaired) electrons. The molecule has 1 amide bonds. The summed E-state index contributed by atoms with van der Waals surface area (Å²) in [5.74, 6) is -0.479. The summed E-state index contributed by atoms with van der Waals surface area (Å²) >= 11 is 0. The Hall–Kier alpha value is -1.62. The van der Waals surface area contributed by atoms with Gasteiger partial charge in [-0.3, -0.25) is 4.90 Å². The van der Waals surface area contributed by atoms with E-state index in [4.69, 9.17) is 4.74 Å². The zero-order valence-electron chi connectivity index (χ0n) is 8.81. The average molecular weight is 225 g/mol. The van der Waals surface area contributed by atoms with Crippen molar-refractivity contribution in [2.75, 3.05) is 18.1 Å². The van der Waals surface area contributed by atoms with E-state index in [1.54, 1.807) is 13.0 Å². The number of halogens is 1. The molecule has 1 aliphatic heterocycles. The fraction of sp³-hybridized carbons (Fsp3) is 0.364. The van der Waals surface area contributed by atoms with E-state index in [9.17, 15) is 14.3 Å². The third-order valence-electron chi connectivity index (χ3n) is 2.46. The van der Waals surface area contributed by atoms with Gasteiger partial charge >= 0.3 is 6.09 Å². The summed E-state index contributed by atoms with van der Waals surface area (Å²) in [6, 6.07) is 4.08. The second-order valence-corrected chi connectivity index (χ2v) is 3.68. The minimum Gasteiger partial charge on any atom is -0.447 e. The Kier molecular flexibility index (Phi) is 2.78. The van der Waals surface area contributed by atoms with Crippen LogP contribution in [0.3, 0.4) is 0 Å². The van der Waals surface area contributed by atoms with Gasteiger partial charge in [-0.1, -0.05) is 0 Å². The Balaban J connectivity index is 2.37. The molecule has 0 saturated carbocycles. The molecule has 1 saturated heterocycles. The van der Waals surface area contributed by atoms with Crippen molar-refractivity contribution in [2.45, 2.75) is 13.0 Å². The summed E-state index contributed by atoms with van der Waals surface area (Å²) < 4.78 is 18.0. The molecule has 1 fully saturated rings. The van der Waals surface area contributed by atoms with Gasteiger partial charge in [0.2, 0.25) is 0 Å². The van der Waals surface area contributed by atoms with Crippen LogP contribution in [0.2, 0.25) is 0 Å². The van der Waals surface area contributed by atoms with Gasteiger partial charge in [0.15, 0.2) is 0 Å². The van der Waals surface area contributed by atoms with Crippen molar-refractivity contribution in [1.82, 2.24) is 0 Å². The summed E-state index contributed by atoms with van der Waals surface area (Å²) in [7, 11) is 0. The maximum atomic E-state index is 13.3. The first-order valence-electron chi connectivity index (χ1n) is 5.01.